The van der Waals surface area contributed by atoms with Crippen molar-refractivity contribution in [3.8, 4) is 27.9 Å². The first-order valence-corrected chi connectivity index (χ1v) is 21.4. The maximum atomic E-state index is 4.52. The molecule has 290 valence electrons. The maximum absolute atomic E-state index is 4.52. The zero-order valence-corrected chi connectivity index (χ0v) is 34.4. The molecule has 0 amide bonds. The number of nitrogens with zero attached hydrogens (tertiary/aromatic N) is 2. The van der Waals surface area contributed by atoms with Gasteiger partial charge in [-0.05, 0) is 117 Å². The fourth-order valence-electron chi connectivity index (χ4n) is 11.0. The number of hydrogen-bond acceptors (Lipinski definition) is 1. The molecular weight excluding hydrogens is 737 g/mol. The van der Waals surface area contributed by atoms with Crippen LogP contribution in [-0.2, 0) is 17.3 Å². The lowest BCUT2D eigenvalue weighted by molar-refractivity contribution is 0.635. The van der Waals surface area contributed by atoms with Crippen LogP contribution < -0.4 is 4.90 Å². The zero-order valence-electron chi connectivity index (χ0n) is 34.4. The van der Waals surface area contributed by atoms with Crippen LogP contribution in [0.5, 0.6) is 0 Å². The zero-order chi connectivity index (χ0) is 40.9. The van der Waals surface area contributed by atoms with E-state index >= 15 is 0 Å². The SMILES string of the molecule is C=C1/C=C\C=C/Cc2ccc(N(c3ccccc3)c3ccc(-n4c5ccccc5c5ccc6c(c54)C4(c5ccccc5-c5ccccc54)c4ccccc4-6)cc3)cc2C1(C)C. The normalized spacial score (nSPS) is 16.2. The first kappa shape index (κ1) is 35.5. The molecule has 12 rings (SSSR count). The third-order valence-electron chi connectivity index (χ3n) is 13.9. The third kappa shape index (κ3) is 4.97. The van der Waals surface area contributed by atoms with Crippen LogP contribution in [0.1, 0.15) is 47.2 Å². The molecule has 61 heavy (non-hydrogen) atoms. The predicted octanol–water partition coefficient (Wildman–Crippen LogP) is 15.1. The summed E-state index contributed by atoms with van der Waals surface area (Å²) in [6.07, 6.45) is 9.53. The maximum Gasteiger partial charge on any atom is 0.0746 e. The van der Waals surface area contributed by atoms with Gasteiger partial charge in [0.05, 0.1) is 16.4 Å². The van der Waals surface area contributed by atoms with Gasteiger partial charge in [-0.25, -0.2) is 0 Å². The minimum atomic E-state index is -0.469. The topological polar surface area (TPSA) is 8.17 Å². The number of benzene rings is 8. The first-order chi connectivity index (χ1) is 30.0. The Labute approximate surface area is 357 Å². The quantitative estimate of drug-likeness (QED) is 0.173. The highest BCUT2D eigenvalue weighted by Gasteiger charge is 2.53. The van der Waals surface area contributed by atoms with Gasteiger partial charge in [-0.1, -0.05) is 172 Å². The summed E-state index contributed by atoms with van der Waals surface area (Å²) < 4.78 is 2.54. The van der Waals surface area contributed by atoms with Gasteiger partial charge < -0.3 is 9.47 Å². The van der Waals surface area contributed by atoms with Gasteiger partial charge in [-0.3, -0.25) is 0 Å². The van der Waals surface area contributed by atoms with Gasteiger partial charge in [-0.15, -0.1) is 0 Å². The second kappa shape index (κ2) is 13.3. The van der Waals surface area contributed by atoms with E-state index in [4.69, 9.17) is 0 Å². The van der Waals surface area contributed by atoms with E-state index in [1.807, 2.05) is 0 Å². The van der Waals surface area contributed by atoms with Crippen molar-refractivity contribution < 1.29 is 0 Å². The average molecular weight is 781 g/mol. The van der Waals surface area contributed by atoms with Gasteiger partial charge in [0.25, 0.3) is 0 Å². The Morgan fingerprint density at radius 1 is 0.508 bits per heavy atom. The minimum Gasteiger partial charge on any atom is -0.310 e. The van der Waals surface area contributed by atoms with Gasteiger partial charge in [0, 0.05) is 44.5 Å². The van der Waals surface area contributed by atoms with Crippen molar-refractivity contribution in [2.45, 2.75) is 31.1 Å². The molecule has 0 saturated heterocycles. The molecule has 2 nitrogen and oxygen atoms in total. The second-order valence-electron chi connectivity index (χ2n) is 17.3. The van der Waals surface area contributed by atoms with Crippen LogP contribution in [0.2, 0.25) is 0 Å². The van der Waals surface area contributed by atoms with Crippen molar-refractivity contribution in [2.75, 3.05) is 4.90 Å². The molecule has 0 aliphatic heterocycles. The van der Waals surface area contributed by atoms with E-state index in [2.05, 4.69) is 236 Å². The lowest BCUT2D eigenvalue weighted by Crippen LogP contribution is -2.26. The van der Waals surface area contributed by atoms with Crippen LogP contribution in [0, 0.1) is 0 Å². The molecule has 0 unspecified atom stereocenters. The summed E-state index contributed by atoms with van der Waals surface area (Å²) in [5, 5.41) is 2.52. The smallest absolute Gasteiger partial charge is 0.0746 e. The highest BCUT2D eigenvalue weighted by atomic mass is 15.1. The van der Waals surface area contributed by atoms with E-state index in [9.17, 15) is 0 Å². The van der Waals surface area contributed by atoms with Crippen LogP contribution in [-0.4, -0.2) is 4.57 Å². The third-order valence-corrected chi connectivity index (χ3v) is 13.9. The molecule has 0 saturated carbocycles. The molecule has 3 aliphatic carbocycles. The minimum absolute atomic E-state index is 0.242. The summed E-state index contributed by atoms with van der Waals surface area (Å²) in [6, 6.07) is 68.0. The summed E-state index contributed by atoms with van der Waals surface area (Å²) in [5.41, 5.74) is 20.6. The number of rotatable bonds is 4. The molecule has 0 atom stereocenters. The second-order valence-corrected chi connectivity index (χ2v) is 17.3. The monoisotopic (exact) mass is 780 g/mol. The highest BCUT2D eigenvalue weighted by Crippen LogP contribution is 2.64. The van der Waals surface area contributed by atoms with Crippen molar-refractivity contribution in [3.63, 3.8) is 0 Å². The van der Waals surface area contributed by atoms with Gasteiger partial charge in [0.15, 0.2) is 0 Å². The Balaban J connectivity index is 1.09. The van der Waals surface area contributed by atoms with Crippen LogP contribution >= 0.6 is 0 Å². The number of allylic oxidation sites excluding steroid dienone is 5. The van der Waals surface area contributed by atoms with Crippen molar-refractivity contribution in [3.05, 3.63) is 252 Å². The Morgan fingerprint density at radius 2 is 1.10 bits per heavy atom. The van der Waals surface area contributed by atoms with Crippen LogP contribution in [0.4, 0.5) is 17.1 Å². The lowest BCUT2D eigenvalue weighted by atomic mass is 9.70. The fraction of sp³-hybridized carbons (Fsp3) is 0.0847. The molecule has 0 radical (unpaired) electrons. The molecule has 9 aromatic rings. The van der Waals surface area contributed by atoms with E-state index in [1.54, 1.807) is 0 Å². The van der Waals surface area contributed by atoms with Crippen molar-refractivity contribution in [1.82, 2.24) is 4.57 Å². The van der Waals surface area contributed by atoms with Crippen LogP contribution in [0.15, 0.2) is 218 Å². The first-order valence-electron chi connectivity index (χ1n) is 21.4. The number of anilines is 3. The molecule has 0 N–H and O–H groups in total. The van der Waals surface area contributed by atoms with Gasteiger partial charge in [0.2, 0.25) is 0 Å². The Morgan fingerprint density at radius 3 is 1.80 bits per heavy atom. The van der Waals surface area contributed by atoms with Crippen LogP contribution in [0.3, 0.4) is 0 Å². The van der Waals surface area contributed by atoms with E-state index in [-0.39, 0.29) is 5.41 Å². The van der Waals surface area contributed by atoms with Crippen molar-refractivity contribution in [1.29, 1.82) is 0 Å². The molecule has 2 heteroatoms. The van der Waals surface area contributed by atoms with Gasteiger partial charge in [-0.2, -0.15) is 0 Å². The van der Waals surface area contributed by atoms with E-state index in [0.29, 0.717) is 0 Å². The fourth-order valence-corrected chi connectivity index (χ4v) is 11.0. The Bertz CT molecular complexity index is 3260. The summed E-state index contributed by atoms with van der Waals surface area (Å²) in [4.78, 5) is 2.39. The number of aromatic nitrogens is 1. The number of fused-ring (bicyclic) bond motifs is 15. The van der Waals surface area contributed by atoms with Crippen LogP contribution in [0.25, 0.3) is 49.7 Å². The molecule has 1 spiro atoms. The van der Waals surface area contributed by atoms with Crippen molar-refractivity contribution >= 4 is 38.9 Å². The standard InChI is InChI=1S/C59H44N2/c1-39-18-6-4-7-19-40-30-31-44(38-54(40)58(39,2)3)60(41-20-8-5-9-21-41)42-32-34-43(35-33-42)61-55-29-17-13-25-48(55)50-37-36-49-47-24-12-16-28-53(47)59(56(49)57(50)61)51-26-14-10-22-45(51)46-23-11-15-27-52(46)59/h4-18,20-38H,1,19H2,2-3H3/b7-4-,18-6-. The summed E-state index contributed by atoms with van der Waals surface area (Å²) >= 11 is 0. The molecule has 0 bridgehead atoms. The molecule has 3 aliphatic rings. The van der Waals surface area contributed by atoms with Gasteiger partial charge in [0.1, 0.15) is 0 Å². The summed E-state index contributed by atoms with van der Waals surface area (Å²) in [7, 11) is 0. The van der Waals surface area contributed by atoms with Gasteiger partial charge >= 0.3 is 0 Å². The molecule has 1 heterocycles. The Kier molecular flexibility index (Phi) is 7.74. The number of hydrogen-bond donors (Lipinski definition) is 0. The molecule has 1 aromatic heterocycles. The Hall–Kier alpha value is -7.42. The average Bonchev–Trinajstić information content (AvgIpc) is 3.92. The highest BCUT2D eigenvalue weighted by molar-refractivity contribution is 6.14. The largest absolute Gasteiger partial charge is 0.310 e. The number of para-hydroxylation sites is 2. The van der Waals surface area contributed by atoms with E-state index in [0.717, 1.165) is 34.7 Å². The summed E-state index contributed by atoms with van der Waals surface area (Å²) in [5.74, 6) is 0. The van der Waals surface area contributed by atoms with E-state index < -0.39 is 5.41 Å². The summed E-state index contributed by atoms with van der Waals surface area (Å²) in [6.45, 7) is 9.11. The predicted molar refractivity (Wildman–Crippen MR) is 256 cm³/mol. The lowest BCUT2D eigenvalue weighted by Gasteiger charge is -2.32. The van der Waals surface area contributed by atoms with Crippen molar-refractivity contribution in [2.24, 2.45) is 0 Å². The molecular formula is C59H44N2. The molecule has 8 aromatic carbocycles. The van der Waals surface area contributed by atoms with E-state index in [1.165, 1.54) is 77.4 Å². The molecule has 0 fully saturated rings.